The van der Waals surface area contributed by atoms with Crippen LogP contribution in [0.3, 0.4) is 0 Å². The normalized spacial score (nSPS) is 19.1. The van der Waals surface area contributed by atoms with E-state index < -0.39 is 9.84 Å². The molecule has 19 heavy (non-hydrogen) atoms. The predicted molar refractivity (Wildman–Crippen MR) is 69.6 cm³/mol. The average molecular weight is 286 g/mol. The maximum Gasteiger partial charge on any atom is 0.293 e. The van der Waals surface area contributed by atoms with Crippen LogP contribution < -0.4 is 0 Å². The van der Waals surface area contributed by atoms with Crippen molar-refractivity contribution in [3.05, 3.63) is 11.6 Å². The molecular formula is C11H18N4O3S. The fraction of sp³-hybridized carbons (Fsp3) is 0.727. The molecule has 0 unspecified atom stereocenters. The Morgan fingerprint density at radius 2 is 2.16 bits per heavy atom. The largest absolute Gasteiger partial charge is 0.335 e. The van der Waals surface area contributed by atoms with E-state index in [0.29, 0.717) is 18.8 Å². The number of carbonyl (C=O) groups is 1. The molecule has 0 aromatic carbocycles. The van der Waals surface area contributed by atoms with Gasteiger partial charge in [0.25, 0.3) is 5.91 Å². The molecule has 1 aliphatic heterocycles. The van der Waals surface area contributed by atoms with Crippen LogP contribution in [-0.2, 0) is 16.3 Å². The van der Waals surface area contributed by atoms with E-state index in [1.54, 1.807) is 0 Å². The molecule has 2 rings (SSSR count). The molecule has 1 aromatic heterocycles. The van der Waals surface area contributed by atoms with Gasteiger partial charge in [0, 0.05) is 19.5 Å². The molecule has 1 N–H and O–H groups in total. The van der Waals surface area contributed by atoms with Gasteiger partial charge >= 0.3 is 0 Å². The Hall–Kier alpha value is -1.44. The van der Waals surface area contributed by atoms with E-state index in [1.807, 2.05) is 6.92 Å². The molecule has 1 aliphatic rings. The molecule has 0 spiro atoms. The number of aromatic amines is 1. The second kappa shape index (κ2) is 5.68. The van der Waals surface area contributed by atoms with Gasteiger partial charge in [-0.1, -0.05) is 6.92 Å². The highest BCUT2D eigenvalue weighted by atomic mass is 32.2. The number of nitrogens with zero attached hydrogens (tertiary/aromatic N) is 3. The molecule has 1 aromatic rings. The van der Waals surface area contributed by atoms with Gasteiger partial charge < -0.3 is 4.90 Å². The Bertz CT molecular complexity index is 552. The van der Waals surface area contributed by atoms with Gasteiger partial charge in [0.1, 0.15) is 5.82 Å². The van der Waals surface area contributed by atoms with Crippen molar-refractivity contribution in [1.29, 1.82) is 0 Å². The van der Waals surface area contributed by atoms with Gasteiger partial charge in [-0.3, -0.25) is 9.89 Å². The molecule has 1 amide bonds. The fourth-order valence-corrected chi connectivity index (χ4v) is 3.29. The van der Waals surface area contributed by atoms with Crippen molar-refractivity contribution in [3.8, 4) is 0 Å². The van der Waals surface area contributed by atoms with Gasteiger partial charge in [-0.05, 0) is 12.8 Å². The number of aromatic nitrogens is 3. The lowest BCUT2D eigenvalue weighted by atomic mass is 10.3. The highest BCUT2D eigenvalue weighted by Crippen LogP contribution is 2.08. The van der Waals surface area contributed by atoms with Gasteiger partial charge in [-0.2, -0.15) is 0 Å². The molecule has 106 valence electrons. The summed E-state index contributed by atoms with van der Waals surface area (Å²) in [5.74, 6) is 0.684. The molecule has 0 aliphatic carbocycles. The second-order valence-electron chi connectivity index (χ2n) is 4.65. The first-order valence-corrected chi connectivity index (χ1v) is 8.25. The summed E-state index contributed by atoms with van der Waals surface area (Å²) in [6.07, 6.45) is 2.14. The molecule has 2 heterocycles. The van der Waals surface area contributed by atoms with Gasteiger partial charge in [-0.15, -0.1) is 5.10 Å². The quantitative estimate of drug-likeness (QED) is 0.845. The van der Waals surface area contributed by atoms with Gasteiger partial charge in [0.2, 0.25) is 5.82 Å². The van der Waals surface area contributed by atoms with Crippen LogP contribution in [-0.4, -0.2) is 59.0 Å². The van der Waals surface area contributed by atoms with Gasteiger partial charge in [0.05, 0.1) is 11.5 Å². The first-order chi connectivity index (χ1) is 9.02. The zero-order valence-electron chi connectivity index (χ0n) is 10.9. The third-order valence-electron chi connectivity index (χ3n) is 3.05. The first-order valence-electron chi connectivity index (χ1n) is 6.43. The number of amides is 1. The molecule has 8 heteroatoms. The van der Waals surface area contributed by atoms with E-state index in [2.05, 4.69) is 15.2 Å². The number of carbonyl (C=O) groups excluding carboxylic acids is 1. The molecule has 0 atom stereocenters. The Balaban J connectivity index is 2.06. The number of nitrogens with one attached hydrogen (secondary N) is 1. The fourth-order valence-electron chi connectivity index (χ4n) is 2.02. The smallest absolute Gasteiger partial charge is 0.293 e. The number of rotatable bonds is 3. The Morgan fingerprint density at radius 1 is 1.37 bits per heavy atom. The van der Waals surface area contributed by atoms with Crippen molar-refractivity contribution < 1.29 is 13.2 Å². The minimum absolute atomic E-state index is 0.0188. The van der Waals surface area contributed by atoms with Crippen molar-refractivity contribution in [3.63, 3.8) is 0 Å². The summed E-state index contributed by atoms with van der Waals surface area (Å²) in [5.41, 5.74) is 0. The van der Waals surface area contributed by atoms with Crippen LogP contribution in [0.1, 0.15) is 36.2 Å². The summed E-state index contributed by atoms with van der Waals surface area (Å²) < 4.78 is 23.0. The third kappa shape index (κ3) is 3.52. The predicted octanol–water partition coefficient (Wildman–Crippen LogP) is 0.0179. The molecular weight excluding hydrogens is 268 g/mol. The van der Waals surface area contributed by atoms with Crippen LogP contribution in [0.15, 0.2) is 0 Å². The van der Waals surface area contributed by atoms with Crippen LogP contribution in [0.4, 0.5) is 0 Å². The summed E-state index contributed by atoms with van der Waals surface area (Å²) >= 11 is 0. The summed E-state index contributed by atoms with van der Waals surface area (Å²) in [5, 5.41) is 6.63. The third-order valence-corrected chi connectivity index (χ3v) is 4.77. The maximum atomic E-state index is 12.2. The highest BCUT2D eigenvalue weighted by Gasteiger charge is 2.25. The zero-order valence-corrected chi connectivity index (χ0v) is 11.7. The van der Waals surface area contributed by atoms with Crippen molar-refractivity contribution in [2.75, 3.05) is 24.6 Å². The minimum atomic E-state index is -3.01. The van der Waals surface area contributed by atoms with Crippen LogP contribution >= 0.6 is 0 Å². The molecule has 1 saturated heterocycles. The lowest BCUT2D eigenvalue weighted by molar-refractivity contribution is 0.0756. The van der Waals surface area contributed by atoms with Crippen LogP contribution in [0.5, 0.6) is 0 Å². The van der Waals surface area contributed by atoms with E-state index in [0.717, 1.165) is 12.8 Å². The zero-order chi connectivity index (χ0) is 13.9. The van der Waals surface area contributed by atoms with Crippen LogP contribution in [0.2, 0.25) is 0 Å². The molecule has 1 fully saturated rings. The van der Waals surface area contributed by atoms with Crippen molar-refractivity contribution in [2.24, 2.45) is 0 Å². The topological polar surface area (TPSA) is 96.0 Å². The Kier molecular flexibility index (Phi) is 4.18. The van der Waals surface area contributed by atoms with Crippen LogP contribution in [0, 0.1) is 0 Å². The summed E-state index contributed by atoms with van der Waals surface area (Å²) in [4.78, 5) is 17.8. The Morgan fingerprint density at radius 3 is 2.89 bits per heavy atom. The van der Waals surface area contributed by atoms with E-state index in [-0.39, 0.29) is 29.8 Å². The van der Waals surface area contributed by atoms with E-state index >= 15 is 0 Å². The van der Waals surface area contributed by atoms with Crippen molar-refractivity contribution in [2.45, 2.75) is 26.2 Å². The maximum absolute atomic E-state index is 12.2. The highest BCUT2D eigenvalue weighted by molar-refractivity contribution is 7.91. The summed E-state index contributed by atoms with van der Waals surface area (Å²) in [6, 6.07) is 0. The number of hydrogen-bond donors (Lipinski definition) is 1. The summed E-state index contributed by atoms with van der Waals surface area (Å²) in [6.45, 7) is 2.68. The second-order valence-corrected chi connectivity index (χ2v) is 6.96. The molecule has 0 radical (unpaired) electrons. The lowest BCUT2D eigenvalue weighted by Gasteiger charge is -2.17. The van der Waals surface area contributed by atoms with Gasteiger partial charge in [-0.25, -0.2) is 13.4 Å². The summed E-state index contributed by atoms with van der Waals surface area (Å²) in [7, 11) is -3.01. The molecule has 0 bridgehead atoms. The van der Waals surface area contributed by atoms with Crippen molar-refractivity contribution in [1.82, 2.24) is 20.1 Å². The van der Waals surface area contributed by atoms with E-state index in [1.165, 1.54) is 4.90 Å². The standard InChI is InChI=1S/C11H18N4O3S/c1-2-4-9-12-10(14-13-9)11(16)15-5-3-7-19(17,18)8-6-15/h2-8H2,1H3,(H,12,13,14). The van der Waals surface area contributed by atoms with E-state index in [9.17, 15) is 13.2 Å². The molecule has 7 nitrogen and oxygen atoms in total. The number of hydrogen-bond acceptors (Lipinski definition) is 5. The molecule has 0 saturated carbocycles. The SMILES string of the molecule is CCCc1nc(C(=O)N2CCCS(=O)(=O)CC2)n[nH]1. The van der Waals surface area contributed by atoms with Gasteiger partial charge in [0.15, 0.2) is 9.84 Å². The lowest BCUT2D eigenvalue weighted by Crippen LogP contribution is -2.34. The average Bonchev–Trinajstić information content (AvgIpc) is 2.74. The van der Waals surface area contributed by atoms with E-state index in [4.69, 9.17) is 0 Å². The monoisotopic (exact) mass is 286 g/mol. The minimum Gasteiger partial charge on any atom is -0.335 e. The number of H-pyrrole nitrogens is 1. The van der Waals surface area contributed by atoms with Crippen molar-refractivity contribution >= 4 is 15.7 Å². The van der Waals surface area contributed by atoms with Crippen LogP contribution in [0.25, 0.3) is 0 Å². The Labute approximate surface area is 112 Å². The number of sulfone groups is 1. The number of aryl methyl sites for hydroxylation is 1. The first kappa shape index (κ1) is 14.0.